The first kappa shape index (κ1) is 18.6. The van der Waals surface area contributed by atoms with Crippen molar-refractivity contribution in [3.63, 3.8) is 0 Å². The summed E-state index contributed by atoms with van der Waals surface area (Å²) in [6, 6.07) is 12.5. The third-order valence-electron chi connectivity index (χ3n) is 4.63. The highest BCUT2D eigenvalue weighted by molar-refractivity contribution is 5.89. The number of carbonyl (C=O) groups is 2. The average molecular weight is 372 g/mol. The lowest BCUT2D eigenvalue weighted by atomic mass is 9.90. The van der Waals surface area contributed by atoms with Crippen molar-refractivity contribution in [3.8, 4) is 0 Å². The Balaban J connectivity index is 1.42. The molecule has 1 aliphatic rings. The first-order valence-electron chi connectivity index (χ1n) is 8.76. The summed E-state index contributed by atoms with van der Waals surface area (Å²) < 4.78 is 9.67. The second-order valence-electron chi connectivity index (χ2n) is 6.49. The van der Waals surface area contributed by atoms with Crippen LogP contribution in [0.4, 0.5) is 5.88 Å². The molecule has 8 heteroatoms. The molecule has 0 aliphatic carbocycles. The summed E-state index contributed by atoms with van der Waals surface area (Å²) in [5.41, 5.74) is 1.30. The van der Waals surface area contributed by atoms with Gasteiger partial charge in [-0.15, -0.1) is 0 Å². The largest absolute Gasteiger partial charge is 0.450 e. The van der Waals surface area contributed by atoms with Gasteiger partial charge in [-0.3, -0.25) is 14.9 Å². The molecule has 1 aromatic heterocycles. The first-order valence-corrected chi connectivity index (χ1v) is 8.76. The van der Waals surface area contributed by atoms with Gasteiger partial charge in [0.25, 0.3) is 5.91 Å². The number of likely N-dealkylation sites (tertiary alicyclic amines) is 1. The minimum atomic E-state index is -0.893. The van der Waals surface area contributed by atoms with Crippen LogP contribution >= 0.6 is 0 Å². The molecule has 0 unspecified atom stereocenters. The molecule has 0 atom stereocenters. The molecule has 0 bridgehead atoms. The van der Waals surface area contributed by atoms with Crippen molar-refractivity contribution in [2.24, 2.45) is 5.92 Å². The van der Waals surface area contributed by atoms with E-state index in [1.54, 1.807) is 4.90 Å². The van der Waals surface area contributed by atoms with E-state index in [4.69, 9.17) is 9.15 Å². The summed E-state index contributed by atoms with van der Waals surface area (Å²) in [5, 5.41) is 10.6. The molecule has 0 saturated carbocycles. The van der Waals surface area contributed by atoms with Crippen molar-refractivity contribution in [2.45, 2.75) is 19.3 Å². The third-order valence-corrected chi connectivity index (χ3v) is 4.63. The van der Waals surface area contributed by atoms with E-state index in [0.717, 1.165) is 31.4 Å². The predicted molar refractivity (Wildman–Crippen MR) is 95.1 cm³/mol. The molecule has 1 saturated heterocycles. The second kappa shape index (κ2) is 8.48. The number of hydrogen-bond donors (Lipinski definition) is 0. The quantitative estimate of drug-likeness (QED) is 0.439. The van der Waals surface area contributed by atoms with E-state index >= 15 is 0 Å². The molecular weight excluding hydrogens is 352 g/mol. The second-order valence-corrected chi connectivity index (χ2v) is 6.49. The Kier molecular flexibility index (Phi) is 5.85. The number of esters is 1. The first-order chi connectivity index (χ1) is 13.0. The Morgan fingerprint density at radius 1 is 1.15 bits per heavy atom. The fourth-order valence-corrected chi connectivity index (χ4v) is 3.16. The maximum atomic E-state index is 12.2. The monoisotopic (exact) mass is 372 g/mol. The van der Waals surface area contributed by atoms with Gasteiger partial charge in [-0.2, -0.15) is 0 Å². The lowest BCUT2D eigenvalue weighted by Gasteiger charge is -2.32. The maximum Gasteiger partial charge on any atom is 0.433 e. The van der Waals surface area contributed by atoms with E-state index < -0.39 is 23.4 Å². The van der Waals surface area contributed by atoms with Crippen LogP contribution < -0.4 is 0 Å². The Morgan fingerprint density at radius 2 is 1.85 bits per heavy atom. The average Bonchev–Trinajstić information content (AvgIpc) is 3.18. The molecule has 1 aliphatic heterocycles. The number of rotatable bonds is 6. The molecule has 27 heavy (non-hydrogen) atoms. The van der Waals surface area contributed by atoms with Crippen LogP contribution in [-0.2, 0) is 16.0 Å². The standard InChI is InChI=1S/C19H20N2O6/c22-17(13-26-19(23)16-6-7-18(27-16)21(24)25)20-10-8-15(9-11-20)12-14-4-2-1-3-5-14/h1-7,15H,8-13H2. The summed E-state index contributed by atoms with van der Waals surface area (Å²) in [7, 11) is 0. The fourth-order valence-electron chi connectivity index (χ4n) is 3.16. The van der Waals surface area contributed by atoms with Crippen LogP contribution in [0.2, 0.25) is 0 Å². The van der Waals surface area contributed by atoms with E-state index in [9.17, 15) is 19.7 Å². The van der Waals surface area contributed by atoms with Gasteiger partial charge < -0.3 is 14.1 Å². The van der Waals surface area contributed by atoms with Crippen LogP contribution in [0.1, 0.15) is 29.0 Å². The number of ether oxygens (including phenoxy) is 1. The van der Waals surface area contributed by atoms with Gasteiger partial charge in [0.1, 0.15) is 4.92 Å². The van der Waals surface area contributed by atoms with Gasteiger partial charge >= 0.3 is 11.9 Å². The molecule has 0 N–H and O–H groups in total. The van der Waals surface area contributed by atoms with E-state index in [0.29, 0.717) is 19.0 Å². The SMILES string of the molecule is O=C(OCC(=O)N1CCC(Cc2ccccc2)CC1)c1ccc([N+](=O)[O-])o1. The van der Waals surface area contributed by atoms with Crippen molar-refractivity contribution in [1.82, 2.24) is 4.90 Å². The third kappa shape index (κ3) is 4.93. The molecule has 1 amide bonds. The highest BCUT2D eigenvalue weighted by Gasteiger charge is 2.25. The lowest BCUT2D eigenvalue weighted by molar-refractivity contribution is -0.402. The number of amides is 1. The van der Waals surface area contributed by atoms with E-state index in [1.807, 2.05) is 18.2 Å². The highest BCUT2D eigenvalue weighted by Crippen LogP contribution is 2.22. The number of piperidine rings is 1. The predicted octanol–water partition coefficient (Wildman–Crippen LogP) is 2.83. The highest BCUT2D eigenvalue weighted by atomic mass is 16.7. The van der Waals surface area contributed by atoms with Crippen LogP contribution in [0.5, 0.6) is 0 Å². The zero-order chi connectivity index (χ0) is 19.2. The van der Waals surface area contributed by atoms with Crippen LogP contribution in [-0.4, -0.2) is 41.4 Å². The van der Waals surface area contributed by atoms with Gasteiger partial charge in [0.05, 0.1) is 6.07 Å². The Bertz CT molecular complexity index is 809. The maximum absolute atomic E-state index is 12.2. The van der Waals surface area contributed by atoms with Gasteiger partial charge in [-0.25, -0.2) is 4.79 Å². The number of nitro groups is 1. The van der Waals surface area contributed by atoms with E-state index in [2.05, 4.69) is 12.1 Å². The van der Waals surface area contributed by atoms with Crippen molar-refractivity contribution in [3.05, 3.63) is 63.9 Å². The summed E-state index contributed by atoms with van der Waals surface area (Å²) >= 11 is 0. The van der Waals surface area contributed by atoms with E-state index in [1.165, 1.54) is 5.56 Å². The summed E-state index contributed by atoms with van der Waals surface area (Å²) in [5.74, 6) is -1.48. The number of carbonyl (C=O) groups excluding carboxylic acids is 2. The molecule has 8 nitrogen and oxygen atoms in total. The Labute approximate surface area is 155 Å². The smallest absolute Gasteiger partial charge is 0.433 e. The fraction of sp³-hybridized carbons (Fsp3) is 0.368. The Hall–Kier alpha value is -3.16. The van der Waals surface area contributed by atoms with Gasteiger partial charge in [0, 0.05) is 13.1 Å². The summed E-state index contributed by atoms with van der Waals surface area (Å²) in [6.07, 6.45) is 2.80. The van der Waals surface area contributed by atoms with Crippen molar-refractivity contribution >= 4 is 17.8 Å². The van der Waals surface area contributed by atoms with Crippen LogP contribution in [0.3, 0.4) is 0 Å². The van der Waals surface area contributed by atoms with Crippen LogP contribution in [0, 0.1) is 16.0 Å². The minimum absolute atomic E-state index is 0.275. The molecule has 142 valence electrons. The topological polar surface area (TPSA) is 103 Å². The zero-order valence-electron chi connectivity index (χ0n) is 14.7. The van der Waals surface area contributed by atoms with Crippen molar-refractivity contribution in [2.75, 3.05) is 19.7 Å². The number of hydrogen-bond acceptors (Lipinski definition) is 6. The van der Waals surface area contributed by atoms with Crippen LogP contribution in [0.15, 0.2) is 46.9 Å². The number of nitrogens with zero attached hydrogens (tertiary/aromatic N) is 2. The van der Waals surface area contributed by atoms with Crippen LogP contribution in [0.25, 0.3) is 0 Å². The van der Waals surface area contributed by atoms with E-state index in [-0.39, 0.29) is 11.7 Å². The van der Waals surface area contributed by atoms with Crippen molar-refractivity contribution < 1.29 is 23.7 Å². The summed E-state index contributed by atoms with van der Waals surface area (Å²) in [6.45, 7) is 0.844. The number of furan rings is 1. The van der Waals surface area contributed by atoms with Gasteiger partial charge in [0.15, 0.2) is 6.61 Å². The molecule has 3 rings (SSSR count). The molecule has 0 spiro atoms. The Morgan fingerprint density at radius 3 is 2.48 bits per heavy atom. The molecule has 2 aromatic rings. The minimum Gasteiger partial charge on any atom is -0.450 e. The number of benzene rings is 1. The van der Waals surface area contributed by atoms with Gasteiger partial charge in [-0.1, -0.05) is 30.3 Å². The summed E-state index contributed by atoms with van der Waals surface area (Å²) in [4.78, 5) is 35.5. The van der Waals surface area contributed by atoms with Crippen molar-refractivity contribution in [1.29, 1.82) is 0 Å². The molecule has 2 heterocycles. The molecular formula is C19H20N2O6. The zero-order valence-corrected chi connectivity index (χ0v) is 14.7. The van der Waals surface area contributed by atoms with Gasteiger partial charge in [-0.05, 0) is 36.8 Å². The van der Waals surface area contributed by atoms with Gasteiger partial charge in [0.2, 0.25) is 5.76 Å². The lowest BCUT2D eigenvalue weighted by Crippen LogP contribution is -2.41. The molecule has 1 fully saturated rings. The normalized spacial score (nSPS) is 14.7. The molecule has 0 radical (unpaired) electrons. The molecule has 1 aromatic carbocycles.